The molecule has 0 radical (unpaired) electrons. The van der Waals surface area contributed by atoms with Crippen LogP contribution in [-0.2, 0) is 24.3 Å². The molecule has 2 aromatic carbocycles. The molecule has 0 bridgehead atoms. The highest BCUT2D eigenvalue weighted by Gasteiger charge is 2.30. The van der Waals surface area contributed by atoms with Crippen molar-refractivity contribution in [2.24, 2.45) is 5.92 Å². The highest BCUT2D eigenvalue weighted by Crippen LogP contribution is 2.28. The minimum absolute atomic E-state index is 0.0257. The molecule has 0 saturated carbocycles. The Kier molecular flexibility index (Phi) is 8.40. The Hall–Kier alpha value is -3.11. The first kappa shape index (κ1) is 24.2. The van der Waals surface area contributed by atoms with Crippen LogP contribution in [0.25, 0.3) is 0 Å². The molecule has 0 aromatic heterocycles. The van der Waals surface area contributed by atoms with Crippen molar-refractivity contribution < 1.29 is 32.2 Å². The molecule has 2 N–H and O–H groups in total. The summed E-state index contributed by atoms with van der Waals surface area (Å²) in [5.41, 5.74) is 0.370. The summed E-state index contributed by atoms with van der Waals surface area (Å²) in [5, 5.41) is 2.58. The zero-order valence-electron chi connectivity index (χ0n) is 17.7. The molecule has 1 atom stereocenters. The van der Waals surface area contributed by atoms with Crippen molar-refractivity contribution >= 4 is 27.6 Å². The molecular weight excluding hydrogens is 424 g/mol. The third-order valence-electron chi connectivity index (χ3n) is 4.28. The largest absolute Gasteiger partial charge is 0.497 e. The second kappa shape index (κ2) is 10.8. The van der Waals surface area contributed by atoms with E-state index in [0.29, 0.717) is 17.2 Å². The molecule has 0 saturated heterocycles. The summed E-state index contributed by atoms with van der Waals surface area (Å²) in [6, 6.07) is 11.3. The maximum Gasteiger partial charge on any atom is 0.324 e. The summed E-state index contributed by atoms with van der Waals surface area (Å²) in [5.74, 6) is -0.950. The fraction of sp³-hybridized carbons (Fsp3) is 0.333. The van der Waals surface area contributed by atoms with E-state index in [9.17, 15) is 18.0 Å². The van der Waals surface area contributed by atoms with E-state index < -0.39 is 40.5 Å². The molecule has 0 spiro atoms. The summed E-state index contributed by atoms with van der Waals surface area (Å²) in [7, 11) is -0.987. The number of methoxy groups -OCH3 is 2. The number of carbonyl (C=O) groups excluding carboxylic acids is 2. The number of benzene rings is 2. The molecule has 0 unspecified atom stereocenters. The van der Waals surface area contributed by atoms with Crippen LogP contribution in [0.4, 0.5) is 5.69 Å². The lowest BCUT2D eigenvalue weighted by Gasteiger charge is -2.20. The standard InChI is InChI=1S/C21H26N2O7S/c1-14(2)20(23-31(26,27)16-8-6-5-7-9-16)21(25)30-13-19(24)22-17-11-10-15(28-3)12-18(17)29-4/h5-12,14,20,23H,13H2,1-4H3,(H,22,24)/t20-/m1/s1. The SMILES string of the molecule is COc1ccc(NC(=O)COC(=O)[C@H](NS(=O)(=O)c2ccccc2)C(C)C)c(OC)c1. The number of carbonyl (C=O) groups is 2. The zero-order chi connectivity index (χ0) is 23.0. The highest BCUT2D eigenvalue weighted by atomic mass is 32.2. The third kappa shape index (κ3) is 6.69. The first-order chi connectivity index (χ1) is 14.7. The van der Waals surface area contributed by atoms with Gasteiger partial charge in [0.1, 0.15) is 17.5 Å². The van der Waals surface area contributed by atoms with Crippen LogP contribution in [-0.4, -0.2) is 47.2 Å². The molecular formula is C21H26N2O7S. The molecule has 0 heterocycles. The Balaban J connectivity index is 2.01. The molecule has 0 fully saturated rings. The van der Waals surface area contributed by atoms with Gasteiger partial charge in [-0.25, -0.2) is 8.42 Å². The number of nitrogens with one attached hydrogen (secondary N) is 2. The summed E-state index contributed by atoms with van der Waals surface area (Å²) >= 11 is 0. The van der Waals surface area contributed by atoms with E-state index in [0.717, 1.165) is 0 Å². The van der Waals surface area contributed by atoms with Gasteiger partial charge in [0.15, 0.2) is 6.61 Å². The van der Waals surface area contributed by atoms with Gasteiger partial charge in [-0.1, -0.05) is 32.0 Å². The van der Waals surface area contributed by atoms with Gasteiger partial charge in [-0.15, -0.1) is 0 Å². The van der Waals surface area contributed by atoms with Gasteiger partial charge in [0.2, 0.25) is 10.0 Å². The van der Waals surface area contributed by atoms with E-state index in [1.165, 1.54) is 26.4 Å². The maximum absolute atomic E-state index is 12.5. The van der Waals surface area contributed by atoms with Crippen molar-refractivity contribution in [1.82, 2.24) is 4.72 Å². The smallest absolute Gasteiger partial charge is 0.324 e. The van der Waals surface area contributed by atoms with Gasteiger partial charge < -0.3 is 19.5 Å². The third-order valence-corrected chi connectivity index (χ3v) is 5.74. The minimum Gasteiger partial charge on any atom is -0.497 e. The van der Waals surface area contributed by atoms with Crippen LogP contribution in [0.1, 0.15) is 13.8 Å². The van der Waals surface area contributed by atoms with Crippen LogP contribution in [0.2, 0.25) is 0 Å². The van der Waals surface area contributed by atoms with Crippen molar-refractivity contribution in [3.8, 4) is 11.5 Å². The fourth-order valence-electron chi connectivity index (χ4n) is 2.61. The Morgan fingerprint density at radius 3 is 2.26 bits per heavy atom. The summed E-state index contributed by atoms with van der Waals surface area (Å²) < 4.78 is 42.8. The predicted molar refractivity (Wildman–Crippen MR) is 115 cm³/mol. The van der Waals surface area contributed by atoms with Crippen LogP contribution in [0, 0.1) is 5.92 Å². The molecule has 1 amide bonds. The van der Waals surface area contributed by atoms with Gasteiger partial charge in [0.25, 0.3) is 5.91 Å². The lowest BCUT2D eigenvalue weighted by molar-refractivity contribution is -0.150. The van der Waals surface area contributed by atoms with Crippen molar-refractivity contribution in [3.05, 3.63) is 48.5 Å². The van der Waals surface area contributed by atoms with Crippen LogP contribution in [0.15, 0.2) is 53.4 Å². The summed E-state index contributed by atoms with van der Waals surface area (Å²) in [6.45, 7) is 2.74. The van der Waals surface area contributed by atoms with Crippen LogP contribution in [0.3, 0.4) is 0 Å². The average Bonchev–Trinajstić information content (AvgIpc) is 2.76. The Morgan fingerprint density at radius 1 is 1.00 bits per heavy atom. The first-order valence-electron chi connectivity index (χ1n) is 9.44. The Morgan fingerprint density at radius 2 is 1.68 bits per heavy atom. The van der Waals surface area contributed by atoms with E-state index in [1.807, 2.05) is 0 Å². The topological polar surface area (TPSA) is 120 Å². The number of anilines is 1. The van der Waals surface area contributed by atoms with E-state index in [-0.39, 0.29) is 4.90 Å². The number of esters is 1. The predicted octanol–water partition coefficient (Wildman–Crippen LogP) is 2.19. The minimum atomic E-state index is -3.93. The van der Waals surface area contributed by atoms with E-state index >= 15 is 0 Å². The normalized spacial score (nSPS) is 12.2. The van der Waals surface area contributed by atoms with Crippen LogP contribution >= 0.6 is 0 Å². The second-order valence-corrected chi connectivity index (χ2v) is 8.59. The highest BCUT2D eigenvalue weighted by molar-refractivity contribution is 7.89. The number of hydrogen-bond donors (Lipinski definition) is 2. The average molecular weight is 451 g/mol. The van der Waals surface area contributed by atoms with Gasteiger partial charge >= 0.3 is 5.97 Å². The second-order valence-electron chi connectivity index (χ2n) is 6.88. The first-order valence-corrected chi connectivity index (χ1v) is 10.9. The van der Waals surface area contributed by atoms with Crippen LogP contribution < -0.4 is 19.5 Å². The van der Waals surface area contributed by atoms with Crippen molar-refractivity contribution in [2.45, 2.75) is 24.8 Å². The molecule has 10 heteroatoms. The molecule has 168 valence electrons. The Bertz CT molecular complexity index is 1010. The number of amides is 1. The molecule has 9 nitrogen and oxygen atoms in total. The van der Waals surface area contributed by atoms with Crippen LogP contribution in [0.5, 0.6) is 11.5 Å². The molecule has 0 aliphatic rings. The molecule has 0 aliphatic carbocycles. The maximum atomic E-state index is 12.5. The van der Waals surface area contributed by atoms with Gasteiger partial charge in [0, 0.05) is 6.07 Å². The quantitative estimate of drug-likeness (QED) is 0.533. The molecule has 2 aromatic rings. The van der Waals surface area contributed by atoms with E-state index in [4.69, 9.17) is 14.2 Å². The van der Waals surface area contributed by atoms with Gasteiger partial charge in [0.05, 0.1) is 24.8 Å². The van der Waals surface area contributed by atoms with Crippen molar-refractivity contribution in [3.63, 3.8) is 0 Å². The number of ether oxygens (including phenoxy) is 3. The number of rotatable bonds is 10. The summed E-state index contributed by atoms with van der Waals surface area (Å²) in [4.78, 5) is 24.7. The number of hydrogen-bond acceptors (Lipinski definition) is 7. The van der Waals surface area contributed by atoms with Crippen molar-refractivity contribution in [1.29, 1.82) is 0 Å². The van der Waals surface area contributed by atoms with E-state index in [2.05, 4.69) is 10.0 Å². The molecule has 2 rings (SSSR count). The van der Waals surface area contributed by atoms with E-state index in [1.54, 1.807) is 50.2 Å². The van der Waals surface area contributed by atoms with Crippen molar-refractivity contribution in [2.75, 3.05) is 26.1 Å². The van der Waals surface area contributed by atoms with Gasteiger partial charge in [-0.2, -0.15) is 4.72 Å². The Labute approximate surface area is 181 Å². The fourth-order valence-corrected chi connectivity index (χ4v) is 3.96. The zero-order valence-corrected chi connectivity index (χ0v) is 18.6. The lowest BCUT2D eigenvalue weighted by Crippen LogP contribution is -2.45. The lowest BCUT2D eigenvalue weighted by atomic mass is 10.1. The monoisotopic (exact) mass is 450 g/mol. The molecule has 0 aliphatic heterocycles. The molecule has 31 heavy (non-hydrogen) atoms. The summed E-state index contributed by atoms with van der Waals surface area (Å²) in [6.07, 6.45) is 0. The van der Waals surface area contributed by atoms with Gasteiger partial charge in [-0.3, -0.25) is 9.59 Å². The van der Waals surface area contributed by atoms with Gasteiger partial charge in [-0.05, 0) is 30.2 Å². The number of sulfonamides is 1.